The number of aromatic nitrogens is 1. The molecule has 0 spiro atoms. The molecule has 188 valence electrons. The van der Waals surface area contributed by atoms with Gasteiger partial charge < -0.3 is 31.2 Å². The van der Waals surface area contributed by atoms with Crippen LogP contribution in [-0.2, 0) is 20.4 Å². The first kappa shape index (κ1) is 29.9. The highest BCUT2D eigenvalue weighted by atomic mass is 32.1. The van der Waals surface area contributed by atoms with Crippen LogP contribution >= 0.6 is 11.3 Å². The largest absolute Gasteiger partial charge is 0.462 e. The molecule has 0 aliphatic heterocycles. The van der Waals surface area contributed by atoms with E-state index in [0.717, 1.165) is 6.42 Å². The Morgan fingerprint density at radius 2 is 1.70 bits per heavy atom. The van der Waals surface area contributed by atoms with Crippen molar-refractivity contribution >= 4 is 40.5 Å². The highest BCUT2D eigenvalue weighted by molar-refractivity contribution is 7.17. The molecule has 0 atom stereocenters. The summed E-state index contributed by atoms with van der Waals surface area (Å²) >= 11 is 0.325. The number of nitrogens with one attached hydrogen (secondary N) is 3. The number of nitrogens with two attached hydrogens (primary N) is 1. The van der Waals surface area contributed by atoms with Gasteiger partial charge in [0.05, 0.1) is 6.61 Å². The van der Waals surface area contributed by atoms with E-state index in [1.54, 1.807) is 20.8 Å². The Hall–Kier alpha value is -3.10. The molecule has 1 aromatic rings. The summed E-state index contributed by atoms with van der Waals surface area (Å²) in [5.41, 5.74) is 2.51. The summed E-state index contributed by atoms with van der Waals surface area (Å²) in [5, 5.41) is 6.21. The van der Waals surface area contributed by atoms with Gasteiger partial charge in [0.15, 0.2) is 10.8 Å². The second kappa shape index (κ2) is 13.4. The lowest BCUT2D eigenvalue weighted by atomic mass is 10.2. The molecule has 0 aliphatic carbocycles. The number of amides is 4. The Labute approximate surface area is 192 Å². The zero-order valence-electron chi connectivity index (χ0n) is 18.8. The molecule has 4 amide bonds. The van der Waals surface area contributed by atoms with Crippen LogP contribution in [-0.4, -0.2) is 54.3 Å². The Bertz CT molecular complexity index is 823. The molecule has 0 radical (unpaired) electrons. The lowest BCUT2D eigenvalue weighted by molar-refractivity contribution is -0.141. The van der Waals surface area contributed by atoms with Crippen molar-refractivity contribution in [3.63, 3.8) is 0 Å². The fourth-order valence-electron chi connectivity index (χ4n) is 1.78. The highest BCUT2D eigenvalue weighted by Gasteiger charge is 2.40. The fraction of sp³-hybridized carbons (Fsp3) is 0.611. The molecule has 1 heterocycles. The Morgan fingerprint density at radius 1 is 1.09 bits per heavy atom. The highest BCUT2D eigenvalue weighted by Crippen LogP contribution is 2.36. The van der Waals surface area contributed by atoms with Gasteiger partial charge in [-0.15, -0.1) is 0 Å². The maximum Gasteiger partial charge on any atom is 0.435 e. The lowest BCUT2D eigenvalue weighted by Crippen LogP contribution is -2.37. The number of thiazole rings is 1. The first-order chi connectivity index (χ1) is 15.1. The summed E-state index contributed by atoms with van der Waals surface area (Å²) in [7, 11) is 0. The zero-order valence-corrected chi connectivity index (χ0v) is 19.7. The Balaban J connectivity index is 0.00000126. The van der Waals surface area contributed by atoms with Crippen molar-refractivity contribution in [2.24, 2.45) is 5.73 Å². The average molecular weight is 500 g/mol. The van der Waals surface area contributed by atoms with Gasteiger partial charge in [0, 0.05) is 6.54 Å². The van der Waals surface area contributed by atoms with Crippen molar-refractivity contribution in [2.45, 2.75) is 52.8 Å². The topological polar surface area (TPSA) is 162 Å². The van der Waals surface area contributed by atoms with E-state index in [2.05, 4.69) is 25.7 Å². The van der Waals surface area contributed by atoms with Crippen LogP contribution in [0.2, 0.25) is 0 Å². The van der Waals surface area contributed by atoms with Gasteiger partial charge in [-0.05, 0) is 34.1 Å². The number of carbonyl (C=O) groups excluding carboxylic acids is 4. The van der Waals surface area contributed by atoms with E-state index in [9.17, 15) is 32.3 Å². The smallest absolute Gasteiger partial charge is 0.435 e. The minimum Gasteiger partial charge on any atom is -0.462 e. The number of alkyl carbamates (subject to hydrolysis) is 1. The molecule has 1 rings (SSSR count). The minimum absolute atomic E-state index is 0.116. The minimum atomic E-state index is -4.89. The first-order valence-corrected chi connectivity index (χ1v) is 10.5. The lowest BCUT2D eigenvalue weighted by Gasteiger charge is -2.19. The summed E-state index contributed by atoms with van der Waals surface area (Å²) in [6.07, 6.45) is -4.82. The number of nitrogens with zero attached hydrogens (tertiary/aromatic N) is 1. The number of halogens is 3. The zero-order chi connectivity index (χ0) is 25.8. The molecule has 0 unspecified atom stereocenters. The predicted molar refractivity (Wildman–Crippen MR) is 114 cm³/mol. The van der Waals surface area contributed by atoms with Gasteiger partial charge in [0.1, 0.15) is 17.0 Å². The molecule has 0 fully saturated rings. The van der Waals surface area contributed by atoms with Crippen LogP contribution in [0.4, 0.5) is 27.9 Å². The van der Waals surface area contributed by atoms with E-state index in [0.29, 0.717) is 17.9 Å². The van der Waals surface area contributed by atoms with Crippen LogP contribution in [0.15, 0.2) is 0 Å². The van der Waals surface area contributed by atoms with Gasteiger partial charge in [-0.1, -0.05) is 18.3 Å². The second-order valence-electron chi connectivity index (χ2n) is 7.11. The summed E-state index contributed by atoms with van der Waals surface area (Å²) in [4.78, 5) is 47.1. The van der Waals surface area contributed by atoms with Crippen molar-refractivity contribution in [1.82, 2.24) is 15.6 Å². The molecule has 0 aromatic carbocycles. The summed E-state index contributed by atoms with van der Waals surface area (Å²) in [5.74, 6) is -2.03. The van der Waals surface area contributed by atoms with Gasteiger partial charge >= 0.3 is 24.3 Å². The molecule has 33 heavy (non-hydrogen) atoms. The molecule has 11 nitrogen and oxygen atoms in total. The number of rotatable bonds is 7. The third-order valence-electron chi connectivity index (χ3n) is 2.94. The summed E-state index contributed by atoms with van der Waals surface area (Å²) in [6.45, 7) is 8.29. The van der Waals surface area contributed by atoms with Crippen molar-refractivity contribution in [3.05, 3.63) is 10.6 Å². The van der Waals surface area contributed by atoms with Crippen molar-refractivity contribution < 1.29 is 41.8 Å². The maximum atomic E-state index is 13.0. The molecule has 0 bridgehead atoms. The molecule has 15 heteroatoms. The third kappa shape index (κ3) is 13.1. The molecule has 5 N–H and O–H groups in total. The van der Waals surface area contributed by atoms with Crippen molar-refractivity contribution in [2.75, 3.05) is 25.0 Å². The molecular weight excluding hydrogens is 471 g/mol. The second-order valence-corrected chi connectivity index (χ2v) is 8.11. The monoisotopic (exact) mass is 499 g/mol. The van der Waals surface area contributed by atoms with Crippen LogP contribution in [0.25, 0.3) is 0 Å². The van der Waals surface area contributed by atoms with Crippen molar-refractivity contribution in [3.8, 4) is 0 Å². The van der Waals surface area contributed by atoms with Gasteiger partial charge in [-0.2, -0.15) is 13.2 Å². The average Bonchev–Trinajstić information content (AvgIpc) is 3.08. The third-order valence-corrected chi connectivity index (χ3v) is 3.90. The van der Waals surface area contributed by atoms with Gasteiger partial charge in [0.25, 0.3) is 0 Å². The molecule has 0 aliphatic rings. The van der Waals surface area contributed by atoms with Crippen LogP contribution in [0.3, 0.4) is 0 Å². The van der Waals surface area contributed by atoms with Crippen LogP contribution in [0.1, 0.15) is 56.4 Å². The van der Waals surface area contributed by atoms with E-state index < -0.39 is 58.0 Å². The SMILES string of the molecule is CCCNC(N)=O.CCOC(=O)c1sc(NC(=O)CNC(=O)OC(C)(C)C)nc1C(F)(F)F. The number of ether oxygens (including phenoxy) is 2. The van der Waals surface area contributed by atoms with E-state index in [1.165, 1.54) is 6.92 Å². The first-order valence-electron chi connectivity index (χ1n) is 9.65. The Morgan fingerprint density at radius 3 is 2.12 bits per heavy atom. The van der Waals surface area contributed by atoms with Gasteiger partial charge in [-0.25, -0.2) is 19.4 Å². The number of carbonyl (C=O) groups is 4. The number of hydrogen-bond donors (Lipinski definition) is 4. The van der Waals surface area contributed by atoms with Crippen molar-refractivity contribution in [1.29, 1.82) is 0 Å². The number of alkyl halides is 3. The van der Waals surface area contributed by atoms with Gasteiger partial charge in [-0.3, -0.25) is 4.79 Å². The number of esters is 1. The van der Waals surface area contributed by atoms with E-state index in [4.69, 9.17) is 10.5 Å². The maximum absolute atomic E-state index is 13.0. The molecule has 0 saturated heterocycles. The predicted octanol–water partition coefficient (Wildman–Crippen LogP) is 2.87. The fourth-order valence-corrected chi connectivity index (χ4v) is 2.67. The Kier molecular flexibility index (Phi) is 12.2. The van der Waals surface area contributed by atoms with E-state index in [-0.39, 0.29) is 6.61 Å². The quantitative estimate of drug-likeness (QED) is 0.419. The number of anilines is 1. The van der Waals surface area contributed by atoms with E-state index >= 15 is 0 Å². The summed E-state index contributed by atoms with van der Waals surface area (Å²) < 4.78 is 48.3. The number of urea groups is 1. The van der Waals surface area contributed by atoms with Gasteiger partial charge in [0.2, 0.25) is 5.91 Å². The molecular formula is C18H28F3N5O6S. The van der Waals surface area contributed by atoms with E-state index in [1.807, 2.05) is 6.92 Å². The van der Waals surface area contributed by atoms with Crippen LogP contribution < -0.4 is 21.7 Å². The number of hydrogen-bond acceptors (Lipinski definition) is 8. The van der Waals surface area contributed by atoms with Crippen LogP contribution in [0.5, 0.6) is 0 Å². The summed E-state index contributed by atoms with van der Waals surface area (Å²) in [6, 6.07) is -0.443. The normalized spacial score (nSPS) is 10.9. The molecule has 0 saturated carbocycles. The molecule has 1 aromatic heterocycles. The number of primary amides is 1. The van der Waals surface area contributed by atoms with Crippen LogP contribution in [0, 0.1) is 0 Å². The standard InChI is InChI=1S/C14H18F3N3O5S.C4H10N2O/c1-5-24-10(22)8-9(14(15,16)17)20-11(26-8)19-7(21)6-18-12(23)25-13(2,3)4;1-2-3-6-4(5)7/h5-6H2,1-4H3,(H,18,23)(H,19,20,21);2-3H2,1H3,(H3,5,6,7).